The summed E-state index contributed by atoms with van der Waals surface area (Å²) in [5.41, 5.74) is 3.50. The molecule has 2 aromatic heterocycles. The minimum atomic E-state index is 0.559. The molecule has 5 nitrogen and oxygen atoms in total. The number of nitrogens with one attached hydrogen (secondary N) is 1. The summed E-state index contributed by atoms with van der Waals surface area (Å²) < 4.78 is 0. The van der Waals surface area contributed by atoms with Crippen LogP contribution in [-0.2, 0) is 12.8 Å². The monoisotopic (exact) mass is 255 g/mol. The van der Waals surface area contributed by atoms with Crippen molar-refractivity contribution < 1.29 is 0 Å². The zero-order valence-corrected chi connectivity index (χ0v) is 11.1. The van der Waals surface area contributed by atoms with Crippen molar-refractivity contribution in [3.8, 4) is 11.5 Å². The number of hydrogen-bond acceptors (Lipinski definition) is 4. The van der Waals surface area contributed by atoms with Crippen LogP contribution in [0.4, 0.5) is 5.95 Å². The van der Waals surface area contributed by atoms with Gasteiger partial charge in [0.15, 0.2) is 5.82 Å². The van der Waals surface area contributed by atoms with Crippen LogP contribution < -0.4 is 4.90 Å². The Bertz CT molecular complexity index is 605. The molecule has 3 heterocycles. The van der Waals surface area contributed by atoms with E-state index in [2.05, 4.69) is 21.8 Å². The molecule has 2 aliphatic rings. The molecule has 2 aromatic rings. The summed E-state index contributed by atoms with van der Waals surface area (Å²) in [6.07, 6.45) is 8.19. The lowest BCUT2D eigenvalue weighted by atomic mass is 10.1. The molecule has 1 aliphatic heterocycles. The number of nitrogens with zero attached hydrogens (tertiary/aromatic N) is 4. The fourth-order valence-electron chi connectivity index (χ4n) is 2.95. The van der Waals surface area contributed by atoms with E-state index in [1.54, 1.807) is 6.20 Å². The summed E-state index contributed by atoms with van der Waals surface area (Å²) >= 11 is 0. The Morgan fingerprint density at radius 3 is 2.95 bits per heavy atom. The van der Waals surface area contributed by atoms with E-state index in [1.807, 2.05) is 6.20 Å². The summed E-state index contributed by atoms with van der Waals surface area (Å²) in [7, 11) is 0. The number of H-pyrrole nitrogens is 1. The number of anilines is 1. The van der Waals surface area contributed by atoms with E-state index in [1.165, 1.54) is 24.1 Å². The maximum absolute atomic E-state index is 4.78. The van der Waals surface area contributed by atoms with Crippen LogP contribution in [0.5, 0.6) is 0 Å². The van der Waals surface area contributed by atoms with E-state index in [9.17, 15) is 0 Å². The molecule has 1 aliphatic carbocycles. The Kier molecular flexibility index (Phi) is 2.33. The summed E-state index contributed by atoms with van der Waals surface area (Å²) in [4.78, 5) is 19.4. The lowest BCUT2D eigenvalue weighted by molar-refractivity contribution is 0.470. The van der Waals surface area contributed by atoms with Crippen molar-refractivity contribution >= 4 is 5.95 Å². The van der Waals surface area contributed by atoms with Gasteiger partial charge >= 0.3 is 0 Å². The van der Waals surface area contributed by atoms with Crippen LogP contribution in [0, 0.1) is 0 Å². The Hall–Kier alpha value is -1.91. The minimum Gasteiger partial charge on any atom is -0.343 e. The van der Waals surface area contributed by atoms with E-state index < -0.39 is 0 Å². The fraction of sp³-hybridized carbons (Fsp3) is 0.500. The van der Waals surface area contributed by atoms with Crippen molar-refractivity contribution in [2.45, 2.75) is 38.6 Å². The van der Waals surface area contributed by atoms with Gasteiger partial charge in [-0.15, -0.1) is 0 Å². The summed E-state index contributed by atoms with van der Waals surface area (Å²) in [5, 5.41) is 0. The highest BCUT2D eigenvalue weighted by atomic mass is 15.3. The van der Waals surface area contributed by atoms with Crippen LogP contribution >= 0.6 is 0 Å². The Morgan fingerprint density at radius 2 is 2.26 bits per heavy atom. The molecule has 0 radical (unpaired) electrons. The van der Waals surface area contributed by atoms with Gasteiger partial charge in [-0.2, -0.15) is 0 Å². The Balaban J connectivity index is 1.85. The number of hydrogen-bond donors (Lipinski definition) is 1. The van der Waals surface area contributed by atoms with E-state index in [0.717, 1.165) is 36.9 Å². The molecule has 1 saturated heterocycles. The summed E-state index contributed by atoms with van der Waals surface area (Å²) in [6.45, 7) is 3.30. The number of aryl methyl sites for hydroxylation is 1. The van der Waals surface area contributed by atoms with Crippen molar-refractivity contribution in [1.29, 1.82) is 0 Å². The highest BCUT2D eigenvalue weighted by Gasteiger charge is 2.29. The van der Waals surface area contributed by atoms with Gasteiger partial charge in [0.1, 0.15) is 5.69 Å². The molecule has 4 rings (SSSR count). The van der Waals surface area contributed by atoms with E-state index in [4.69, 9.17) is 9.97 Å². The molecule has 1 atom stereocenters. The molecular weight excluding hydrogens is 238 g/mol. The van der Waals surface area contributed by atoms with Gasteiger partial charge < -0.3 is 9.88 Å². The van der Waals surface area contributed by atoms with Crippen LogP contribution in [0.2, 0.25) is 0 Å². The number of rotatable bonds is 2. The first-order chi connectivity index (χ1) is 9.33. The zero-order valence-electron chi connectivity index (χ0n) is 11.1. The van der Waals surface area contributed by atoms with Crippen molar-refractivity contribution in [3.63, 3.8) is 0 Å². The van der Waals surface area contributed by atoms with Gasteiger partial charge in [0.05, 0.1) is 0 Å². The first kappa shape index (κ1) is 11.0. The van der Waals surface area contributed by atoms with Gasteiger partial charge in [-0.3, -0.25) is 0 Å². The normalized spacial score (nSPS) is 21.3. The molecule has 0 spiro atoms. The van der Waals surface area contributed by atoms with Gasteiger partial charge in [0, 0.05) is 36.2 Å². The SMILES string of the molecule is C[C@H]1CCN1c1nc2c(c(-c3ncc[nH]3)n1)CCC2. The average molecular weight is 255 g/mol. The van der Waals surface area contributed by atoms with Gasteiger partial charge in [0.2, 0.25) is 5.95 Å². The minimum absolute atomic E-state index is 0.559. The zero-order chi connectivity index (χ0) is 12.8. The number of fused-ring (bicyclic) bond motifs is 1. The van der Waals surface area contributed by atoms with Crippen LogP contribution in [0.25, 0.3) is 11.5 Å². The Morgan fingerprint density at radius 1 is 1.32 bits per heavy atom. The van der Waals surface area contributed by atoms with E-state index in [-0.39, 0.29) is 0 Å². The van der Waals surface area contributed by atoms with Crippen LogP contribution in [0.15, 0.2) is 12.4 Å². The molecule has 5 heteroatoms. The Labute approximate surface area is 112 Å². The third kappa shape index (κ3) is 1.64. The highest BCUT2D eigenvalue weighted by Crippen LogP contribution is 2.32. The second-order valence-corrected chi connectivity index (χ2v) is 5.42. The summed E-state index contributed by atoms with van der Waals surface area (Å²) in [6, 6.07) is 0.559. The topological polar surface area (TPSA) is 57.7 Å². The lowest BCUT2D eigenvalue weighted by Gasteiger charge is -2.39. The molecule has 1 fully saturated rings. The molecule has 0 aromatic carbocycles. The number of imidazole rings is 1. The molecule has 0 amide bonds. The van der Waals surface area contributed by atoms with Gasteiger partial charge in [-0.25, -0.2) is 15.0 Å². The third-order valence-corrected chi connectivity index (χ3v) is 4.22. The maximum atomic E-state index is 4.78. The van der Waals surface area contributed by atoms with Crippen molar-refractivity contribution in [2.24, 2.45) is 0 Å². The number of aromatic amines is 1. The van der Waals surface area contributed by atoms with Crippen LogP contribution in [0.1, 0.15) is 31.0 Å². The van der Waals surface area contributed by atoms with Gasteiger partial charge in [-0.1, -0.05) is 0 Å². The van der Waals surface area contributed by atoms with Crippen LogP contribution in [0.3, 0.4) is 0 Å². The predicted molar refractivity (Wildman–Crippen MR) is 73.1 cm³/mol. The molecule has 0 unspecified atom stereocenters. The second-order valence-electron chi connectivity index (χ2n) is 5.42. The smallest absolute Gasteiger partial charge is 0.226 e. The molecule has 98 valence electrons. The van der Waals surface area contributed by atoms with E-state index in [0.29, 0.717) is 6.04 Å². The van der Waals surface area contributed by atoms with Gasteiger partial charge in [0.25, 0.3) is 0 Å². The molecule has 0 bridgehead atoms. The first-order valence-corrected chi connectivity index (χ1v) is 6.99. The lowest BCUT2D eigenvalue weighted by Crippen LogP contribution is -2.46. The van der Waals surface area contributed by atoms with Gasteiger partial charge in [-0.05, 0) is 32.6 Å². The largest absolute Gasteiger partial charge is 0.343 e. The second kappa shape index (κ2) is 4.05. The standard InChI is InChI=1S/C14H17N5/c1-9-5-8-19(9)14-17-11-4-2-3-10(11)12(18-14)13-15-6-7-16-13/h6-7,9H,2-5,8H2,1H3,(H,15,16)/t9-/m0/s1. The molecule has 19 heavy (non-hydrogen) atoms. The molecular formula is C14H17N5. The van der Waals surface area contributed by atoms with Crippen molar-refractivity contribution in [1.82, 2.24) is 19.9 Å². The fourth-order valence-corrected chi connectivity index (χ4v) is 2.95. The first-order valence-electron chi connectivity index (χ1n) is 6.99. The quantitative estimate of drug-likeness (QED) is 0.891. The molecule has 0 saturated carbocycles. The van der Waals surface area contributed by atoms with Crippen molar-refractivity contribution in [3.05, 3.63) is 23.7 Å². The predicted octanol–water partition coefficient (Wildman–Crippen LogP) is 1.95. The third-order valence-electron chi connectivity index (χ3n) is 4.22. The molecule has 1 N–H and O–H groups in total. The summed E-state index contributed by atoms with van der Waals surface area (Å²) in [5.74, 6) is 1.75. The van der Waals surface area contributed by atoms with Crippen LogP contribution in [-0.4, -0.2) is 32.5 Å². The maximum Gasteiger partial charge on any atom is 0.226 e. The highest BCUT2D eigenvalue weighted by molar-refractivity contribution is 5.60. The van der Waals surface area contributed by atoms with Crippen molar-refractivity contribution in [2.75, 3.05) is 11.4 Å². The number of aromatic nitrogens is 4. The van der Waals surface area contributed by atoms with E-state index >= 15 is 0 Å². The average Bonchev–Trinajstić information content (AvgIpc) is 3.06.